The first-order chi connectivity index (χ1) is 11.6. The number of amides is 1. The molecule has 0 atom stereocenters. The first-order valence-corrected chi connectivity index (χ1v) is 7.16. The lowest BCUT2D eigenvalue weighted by Crippen LogP contribution is -2.15. The highest BCUT2D eigenvalue weighted by Crippen LogP contribution is 2.25. The van der Waals surface area contributed by atoms with Gasteiger partial charge in [0.1, 0.15) is 11.8 Å². The number of carbonyl (C=O) groups excluding carboxylic acids is 1. The van der Waals surface area contributed by atoms with E-state index in [2.05, 4.69) is 10.5 Å². The van der Waals surface area contributed by atoms with E-state index in [0.29, 0.717) is 11.4 Å². The quantitative estimate of drug-likeness (QED) is 0.437. The van der Waals surface area contributed by atoms with Crippen molar-refractivity contribution in [2.75, 3.05) is 5.32 Å². The highest BCUT2D eigenvalue weighted by atomic mass is 16.5. The third kappa shape index (κ3) is 2.71. The number of aliphatic hydroxyl groups is 1. The van der Waals surface area contributed by atoms with Crippen LogP contribution in [0.2, 0.25) is 0 Å². The molecule has 0 radical (unpaired) electrons. The molecule has 0 aliphatic rings. The number of aryl methyl sites for hydroxylation is 1. The van der Waals surface area contributed by atoms with Crippen molar-refractivity contribution in [3.63, 3.8) is 0 Å². The second-order valence-corrected chi connectivity index (χ2v) is 5.11. The first-order valence-electron chi connectivity index (χ1n) is 7.16. The van der Waals surface area contributed by atoms with Crippen LogP contribution in [0.25, 0.3) is 16.5 Å². The molecule has 2 N–H and O–H groups in total. The summed E-state index contributed by atoms with van der Waals surface area (Å²) in [6, 6.07) is 14.7. The molecule has 6 nitrogen and oxygen atoms in total. The van der Waals surface area contributed by atoms with E-state index in [9.17, 15) is 15.2 Å². The normalized spacial score (nSPS) is 11.7. The van der Waals surface area contributed by atoms with Crippen LogP contribution in [0.4, 0.5) is 5.69 Å². The lowest BCUT2D eigenvalue weighted by molar-refractivity contribution is -0.112. The SMILES string of the molecule is Cc1oncc1/C(O)=C(\C#N)C(=O)Nc1cccc2ccccc12. The van der Waals surface area contributed by atoms with E-state index in [0.717, 1.165) is 10.8 Å². The second kappa shape index (κ2) is 6.26. The van der Waals surface area contributed by atoms with Crippen LogP contribution >= 0.6 is 0 Å². The summed E-state index contributed by atoms with van der Waals surface area (Å²) in [7, 11) is 0. The molecule has 0 unspecified atom stereocenters. The molecule has 1 heterocycles. The molecule has 1 amide bonds. The molecule has 0 aliphatic carbocycles. The molecular formula is C18H13N3O3. The number of hydrogen-bond acceptors (Lipinski definition) is 5. The van der Waals surface area contributed by atoms with Crippen LogP contribution in [-0.2, 0) is 4.79 Å². The van der Waals surface area contributed by atoms with Crippen LogP contribution in [0.15, 0.2) is 58.8 Å². The topological polar surface area (TPSA) is 99.2 Å². The maximum absolute atomic E-state index is 12.4. The van der Waals surface area contributed by atoms with Crippen LogP contribution < -0.4 is 5.32 Å². The maximum atomic E-state index is 12.4. The van der Waals surface area contributed by atoms with Crippen molar-refractivity contribution in [1.82, 2.24) is 5.16 Å². The average molecular weight is 319 g/mol. The number of aliphatic hydroxyl groups excluding tert-OH is 1. The molecule has 24 heavy (non-hydrogen) atoms. The molecule has 3 aromatic rings. The van der Waals surface area contributed by atoms with E-state index in [1.54, 1.807) is 25.1 Å². The summed E-state index contributed by atoms with van der Waals surface area (Å²) < 4.78 is 4.85. The van der Waals surface area contributed by atoms with E-state index in [4.69, 9.17) is 4.52 Å². The highest BCUT2D eigenvalue weighted by Gasteiger charge is 2.20. The Bertz CT molecular complexity index is 991. The maximum Gasteiger partial charge on any atom is 0.270 e. The smallest absolute Gasteiger partial charge is 0.270 e. The van der Waals surface area contributed by atoms with E-state index in [-0.39, 0.29) is 5.56 Å². The monoisotopic (exact) mass is 319 g/mol. The second-order valence-electron chi connectivity index (χ2n) is 5.11. The Hall–Kier alpha value is -3.59. The Labute approximate surface area is 137 Å². The van der Waals surface area contributed by atoms with Gasteiger partial charge in [-0.25, -0.2) is 0 Å². The number of hydrogen-bond donors (Lipinski definition) is 2. The summed E-state index contributed by atoms with van der Waals surface area (Å²) in [5, 5.41) is 27.5. The van der Waals surface area contributed by atoms with Gasteiger partial charge in [0.25, 0.3) is 5.91 Å². The van der Waals surface area contributed by atoms with Crippen molar-refractivity contribution >= 4 is 28.1 Å². The summed E-state index contributed by atoms with van der Waals surface area (Å²) in [6.45, 7) is 1.58. The Kier molecular flexibility index (Phi) is 4.00. The van der Waals surface area contributed by atoms with E-state index < -0.39 is 17.2 Å². The molecule has 2 aromatic carbocycles. The molecule has 118 valence electrons. The van der Waals surface area contributed by atoms with Crippen molar-refractivity contribution in [3.05, 3.63) is 65.6 Å². The van der Waals surface area contributed by atoms with Gasteiger partial charge in [0.2, 0.25) is 0 Å². The fourth-order valence-corrected chi connectivity index (χ4v) is 2.39. The van der Waals surface area contributed by atoms with Gasteiger partial charge in [0.15, 0.2) is 11.3 Å². The zero-order valence-corrected chi connectivity index (χ0v) is 12.8. The van der Waals surface area contributed by atoms with Gasteiger partial charge in [-0.15, -0.1) is 0 Å². The van der Waals surface area contributed by atoms with Crippen LogP contribution in [-0.4, -0.2) is 16.2 Å². The Balaban J connectivity index is 1.99. The van der Waals surface area contributed by atoms with Crippen LogP contribution in [0, 0.1) is 18.3 Å². The number of anilines is 1. The van der Waals surface area contributed by atoms with Crippen LogP contribution in [0.3, 0.4) is 0 Å². The molecule has 0 bridgehead atoms. The lowest BCUT2D eigenvalue weighted by Gasteiger charge is -2.09. The summed E-state index contributed by atoms with van der Waals surface area (Å²) in [4.78, 5) is 12.4. The number of rotatable bonds is 3. The van der Waals surface area contributed by atoms with Gasteiger partial charge in [-0.3, -0.25) is 4.79 Å². The largest absolute Gasteiger partial charge is 0.506 e. The minimum atomic E-state index is -0.702. The molecule has 0 spiro atoms. The van der Waals surface area contributed by atoms with Gasteiger partial charge in [-0.05, 0) is 18.4 Å². The summed E-state index contributed by atoms with van der Waals surface area (Å²) in [5.74, 6) is -0.848. The molecule has 0 aliphatic heterocycles. The lowest BCUT2D eigenvalue weighted by atomic mass is 10.1. The number of benzene rings is 2. The van der Waals surface area contributed by atoms with Gasteiger partial charge < -0.3 is 14.9 Å². The van der Waals surface area contributed by atoms with Crippen molar-refractivity contribution in [2.24, 2.45) is 0 Å². The fourth-order valence-electron chi connectivity index (χ4n) is 2.39. The van der Waals surface area contributed by atoms with E-state index in [1.807, 2.05) is 30.3 Å². The zero-order chi connectivity index (χ0) is 17.1. The van der Waals surface area contributed by atoms with E-state index >= 15 is 0 Å². The Morgan fingerprint density at radius 1 is 1.25 bits per heavy atom. The number of nitrogens with one attached hydrogen (secondary N) is 1. The predicted molar refractivity (Wildman–Crippen MR) is 89.0 cm³/mol. The van der Waals surface area contributed by atoms with Crippen molar-refractivity contribution in [2.45, 2.75) is 6.92 Å². The number of nitrogens with zero attached hydrogens (tertiary/aromatic N) is 2. The molecule has 6 heteroatoms. The molecule has 0 saturated carbocycles. The molecule has 3 rings (SSSR count). The van der Waals surface area contributed by atoms with Crippen molar-refractivity contribution in [1.29, 1.82) is 5.26 Å². The minimum Gasteiger partial charge on any atom is -0.506 e. The van der Waals surface area contributed by atoms with Gasteiger partial charge in [-0.2, -0.15) is 5.26 Å². The van der Waals surface area contributed by atoms with Gasteiger partial charge in [0.05, 0.1) is 11.8 Å². The minimum absolute atomic E-state index is 0.208. The number of carbonyl (C=O) groups is 1. The van der Waals surface area contributed by atoms with E-state index in [1.165, 1.54) is 6.20 Å². The number of fused-ring (bicyclic) bond motifs is 1. The standard InChI is InChI=1S/C18H13N3O3/c1-11-15(10-20-24-11)17(22)14(9-19)18(23)21-16-8-4-6-12-5-2-3-7-13(12)16/h2-8,10,22H,1H3,(H,21,23)/b17-14-. The first kappa shape index (κ1) is 15.3. The third-order valence-electron chi connectivity index (χ3n) is 3.62. The van der Waals surface area contributed by atoms with Crippen LogP contribution in [0.5, 0.6) is 0 Å². The predicted octanol–water partition coefficient (Wildman–Crippen LogP) is 3.57. The average Bonchev–Trinajstić information content (AvgIpc) is 3.02. The molecule has 1 aromatic heterocycles. The summed E-state index contributed by atoms with van der Waals surface area (Å²) in [5.41, 5.74) is 0.356. The Morgan fingerprint density at radius 2 is 2.00 bits per heavy atom. The van der Waals surface area contributed by atoms with Gasteiger partial charge in [0, 0.05) is 11.1 Å². The third-order valence-corrected chi connectivity index (χ3v) is 3.62. The molecular weight excluding hydrogens is 306 g/mol. The summed E-state index contributed by atoms with van der Waals surface area (Å²) >= 11 is 0. The Morgan fingerprint density at radius 3 is 2.71 bits per heavy atom. The van der Waals surface area contributed by atoms with Crippen LogP contribution in [0.1, 0.15) is 11.3 Å². The van der Waals surface area contributed by atoms with Gasteiger partial charge >= 0.3 is 0 Å². The fraction of sp³-hybridized carbons (Fsp3) is 0.0556. The molecule has 0 fully saturated rings. The highest BCUT2D eigenvalue weighted by molar-refractivity contribution is 6.13. The van der Waals surface area contributed by atoms with Crippen molar-refractivity contribution < 1.29 is 14.4 Å². The molecule has 0 saturated heterocycles. The van der Waals surface area contributed by atoms with Gasteiger partial charge in [-0.1, -0.05) is 41.6 Å². The number of nitriles is 1. The van der Waals surface area contributed by atoms with Crippen molar-refractivity contribution in [3.8, 4) is 6.07 Å². The number of aromatic nitrogens is 1. The summed E-state index contributed by atoms with van der Waals surface area (Å²) in [6.07, 6.45) is 1.26. The zero-order valence-electron chi connectivity index (χ0n) is 12.8.